The summed E-state index contributed by atoms with van der Waals surface area (Å²) >= 11 is -22.2. The molecule has 0 heterocycles. The second-order valence-electron chi connectivity index (χ2n) is 1.52. The fourth-order valence-corrected chi connectivity index (χ4v) is 0. The standard InChI is InChI=1S/6FH.18H2O.6O.6Sb/h6*1H;18*1H2;;;;;;;;;;;;/q;;;;;;;;;;;;;;;;;;;;;;;;;;;;;;6*+2/p-12. The number of halogens is 6. The van der Waals surface area contributed by atoms with Gasteiger partial charge in [0.1, 0.15) is 0 Å². The molecular weight excluding hydrogens is 1230 g/mol. The molecule has 0 spiro atoms. The SMILES string of the molecule is F.F.F.F.F.F.O.O.O.O.O.O.[O]=[Sb]([OH])[OH].[O]=[Sb]([OH])[OH].[O]=[Sb]([OH])[OH].[O]=[Sb]([OH])[OH].[O]=[Sb]([OH])[OH].[O]=[Sb]([OH])[OH]. The third-order valence-electron chi connectivity index (χ3n) is 0. The van der Waals surface area contributed by atoms with E-state index in [1.807, 2.05) is 0 Å². The number of hydrogen-bond acceptors (Lipinski definition) is 6. The summed E-state index contributed by atoms with van der Waals surface area (Å²) in [5.41, 5.74) is 0. The Hall–Kier alpha value is 2.57. The summed E-state index contributed by atoms with van der Waals surface area (Å²) < 4.78 is 140. The van der Waals surface area contributed by atoms with Crippen molar-refractivity contribution in [2.75, 3.05) is 0 Å². The molecule has 24 nitrogen and oxygen atoms in total. The average molecular weight is 1260 g/mol. The Balaban J connectivity index is -0.00000000633. The van der Waals surface area contributed by atoms with Crippen LogP contribution in [0.1, 0.15) is 0 Å². The molecule has 0 rings (SSSR count). The van der Waals surface area contributed by atoms with Crippen molar-refractivity contribution < 1.29 is 120 Å². The molecule has 0 saturated carbocycles. The van der Waals surface area contributed by atoms with Crippen molar-refractivity contribution in [3.63, 3.8) is 0 Å². The van der Waals surface area contributed by atoms with Crippen molar-refractivity contribution in [3.8, 4) is 0 Å². The minimum atomic E-state index is -3.70. The minimum absolute atomic E-state index is 0. The van der Waals surface area contributed by atoms with Crippen molar-refractivity contribution in [1.29, 1.82) is 0 Å². The van der Waals surface area contributed by atoms with Crippen molar-refractivity contribution in [1.82, 2.24) is 0 Å². The predicted octanol–water partition coefficient (Wildman–Crippen LogP) is -13.7. The van der Waals surface area contributed by atoms with Gasteiger partial charge in [0.2, 0.25) is 0 Å². The van der Waals surface area contributed by atoms with Crippen LogP contribution in [0, 0.1) is 0 Å². The van der Waals surface area contributed by atoms with E-state index in [1.54, 1.807) is 0 Å². The van der Waals surface area contributed by atoms with Gasteiger partial charge < -0.3 is 32.9 Å². The van der Waals surface area contributed by atoms with Gasteiger partial charge in [-0.25, -0.2) is 0 Å². The molecule has 24 N–H and O–H groups in total. The Morgan fingerprint density at radius 3 is 0.222 bits per heavy atom. The molecule has 0 aromatic rings. The van der Waals surface area contributed by atoms with Crippen LogP contribution in [0.3, 0.4) is 0 Å². The van der Waals surface area contributed by atoms with E-state index in [9.17, 15) is 0 Å². The molecule has 0 unspecified atom stereocenters. The molecular formula is H30F6O24Sb6. The van der Waals surface area contributed by atoms with E-state index >= 15 is 0 Å². The zero-order valence-corrected chi connectivity index (χ0v) is 31.3. The van der Waals surface area contributed by atoms with E-state index in [1.165, 1.54) is 0 Å². The summed E-state index contributed by atoms with van der Waals surface area (Å²) in [6.07, 6.45) is 0. The van der Waals surface area contributed by atoms with Crippen LogP contribution in [0.15, 0.2) is 0 Å². The van der Waals surface area contributed by atoms with Crippen LogP contribution >= 0.6 is 0 Å². The van der Waals surface area contributed by atoms with Gasteiger partial charge in [-0.15, -0.1) is 0 Å². The molecule has 0 aliphatic heterocycles. The molecule has 0 aliphatic rings. The third-order valence-corrected chi connectivity index (χ3v) is 0. The van der Waals surface area contributed by atoms with Gasteiger partial charge in [0, 0.05) is 0 Å². The van der Waals surface area contributed by atoms with E-state index in [2.05, 4.69) is 0 Å². The van der Waals surface area contributed by atoms with Gasteiger partial charge >= 0.3 is 185 Å². The molecule has 0 atom stereocenters. The van der Waals surface area contributed by atoms with E-state index in [0.717, 1.165) is 0 Å². The van der Waals surface area contributed by atoms with Crippen molar-refractivity contribution >= 4 is 126 Å². The zero-order valence-electron chi connectivity index (χ0n) is 15.9. The van der Waals surface area contributed by atoms with Crippen LogP contribution in [0.4, 0.5) is 28.2 Å². The van der Waals surface area contributed by atoms with Gasteiger partial charge in [-0.1, -0.05) is 0 Å². The van der Waals surface area contributed by atoms with Gasteiger partial charge in [0.25, 0.3) is 0 Å². The molecule has 6 radical (unpaired) electrons. The zero-order chi connectivity index (χ0) is 21.5. The summed E-state index contributed by atoms with van der Waals surface area (Å²) in [5, 5.41) is 0. The third kappa shape index (κ3) is 7010. The summed E-state index contributed by atoms with van der Waals surface area (Å²) in [6, 6.07) is 0. The Morgan fingerprint density at radius 2 is 0.222 bits per heavy atom. The molecule has 0 fully saturated rings. The van der Waals surface area contributed by atoms with E-state index in [0.29, 0.717) is 0 Å². The molecule has 0 amide bonds. The van der Waals surface area contributed by atoms with E-state index in [4.69, 9.17) is 58.7 Å². The molecule has 0 bridgehead atoms. The topological polar surface area (TPSA) is 534 Å². The molecule has 0 aromatic carbocycles. The van der Waals surface area contributed by atoms with Gasteiger partial charge in [0.15, 0.2) is 0 Å². The quantitative estimate of drug-likeness (QED) is 0.0791. The maximum atomic E-state index is 8.82. The van der Waals surface area contributed by atoms with Crippen LogP contribution in [0.2, 0.25) is 0 Å². The first-order chi connectivity index (χ1) is 10.4. The Bertz CT molecular complexity index is 276. The van der Waals surface area contributed by atoms with Crippen molar-refractivity contribution in [2.24, 2.45) is 0 Å². The van der Waals surface area contributed by atoms with Gasteiger partial charge in [-0.3, -0.25) is 28.2 Å². The van der Waals surface area contributed by atoms with Gasteiger partial charge in [0.05, 0.1) is 0 Å². The molecule has 0 saturated heterocycles. The monoisotopic (exact) mass is 1250 g/mol. The maximum absolute atomic E-state index is 8.82. The molecule has 246 valence electrons. The summed E-state index contributed by atoms with van der Waals surface area (Å²) in [7, 11) is 0. The molecule has 0 aromatic heterocycles. The fourth-order valence-electron chi connectivity index (χ4n) is 0. The predicted molar refractivity (Wildman–Crippen MR) is 102 cm³/mol. The first kappa shape index (κ1) is 129. The van der Waals surface area contributed by atoms with Crippen LogP contribution in [0.5, 0.6) is 0 Å². The second kappa shape index (κ2) is 119. The second-order valence-corrected chi connectivity index (χ2v) is 10.2. The van der Waals surface area contributed by atoms with Gasteiger partial charge in [-0.2, -0.15) is 0 Å². The normalized spacial score (nSPS) is 4.33. The summed E-state index contributed by atoms with van der Waals surface area (Å²) in [6.45, 7) is 0. The van der Waals surface area contributed by atoms with Crippen LogP contribution in [0.25, 0.3) is 0 Å². The van der Waals surface area contributed by atoms with Crippen molar-refractivity contribution in [3.05, 3.63) is 0 Å². The fraction of sp³-hybridized carbons (Fsp3) is 0. The molecule has 0 aliphatic carbocycles. The Labute approximate surface area is 243 Å². The van der Waals surface area contributed by atoms with Crippen LogP contribution < -0.4 is 0 Å². The Morgan fingerprint density at radius 1 is 0.222 bits per heavy atom. The van der Waals surface area contributed by atoms with Gasteiger partial charge in [-0.05, 0) is 0 Å². The number of hydrogen-bond donors (Lipinski definition) is 12. The average Bonchev–Trinajstić information content (AvgIpc) is 2.08. The first-order valence-electron chi connectivity index (χ1n) is 3.50. The first-order valence-corrected chi connectivity index (χ1v) is 23.4. The Kier molecular flexibility index (Phi) is 424. The summed E-state index contributed by atoms with van der Waals surface area (Å²) in [4.78, 5) is 0. The summed E-state index contributed by atoms with van der Waals surface area (Å²) in [5.74, 6) is 0. The van der Waals surface area contributed by atoms with E-state index in [-0.39, 0.29) is 61.1 Å². The molecule has 36 heteroatoms. The van der Waals surface area contributed by atoms with Crippen LogP contribution in [-0.2, 0) is 18.1 Å². The van der Waals surface area contributed by atoms with Crippen molar-refractivity contribution in [2.45, 2.75) is 0 Å². The van der Waals surface area contributed by atoms with Crippen LogP contribution in [-0.4, -0.2) is 200 Å². The van der Waals surface area contributed by atoms with E-state index < -0.39 is 126 Å². The molecule has 36 heavy (non-hydrogen) atoms. The number of rotatable bonds is 0.